The number of thiophene rings is 1. The molecule has 1 unspecified atom stereocenters. The first-order valence-corrected chi connectivity index (χ1v) is 7.17. The minimum atomic E-state index is -0.646. The van der Waals surface area contributed by atoms with E-state index in [1.807, 2.05) is 4.90 Å². The highest BCUT2D eigenvalue weighted by Gasteiger charge is 2.31. The van der Waals surface area contributed by atoms with Gasteiger partial charge in [-0.15, -0.1) is 11.3 Å². The Morgan fingerprint density at radius 2 is 2.20 bits per heavy atom. The van der Waals surface area contributed by atoms with Crippen molar-refractivity contribution < 1.29 is 14.3 Å². The third kappa shape index (κ3) is 2.56. The Balaban J connectivity index is 2.45. The minimum Gasteiger partial charge on any atom is -0.462 e. The lowest BCUT2D eigenvalue weighted by Gasteiger charge is -2.17. The van der Waals surface area contributed by atoms with Gasteiger partial charge in [-0.25, -0.2) is 4.79 Å². The molecule has 1 aliphatic rings. The lowest BCUT2D eigenvalue weighted by molar-refractivity contribution is 0.0529. The van der Waals surface area contributed by atoms with Crippen LogP contribution in [0, 0.1) is 0 Å². The summed E-state index contributed by atoms with van der Waals surface area (Å²) >= 11 is 1.12. The largest absolute Gasteiger partial charge is 0.462 e. The second-order valence-corrected chi connectivity index (χ2v) is 5.60. The molecule has 8 heteroatoms. The smallest absolute Gasteiger partial charge is 0.343 e. The summed E-state index contributed by atoms with van der Waals surface area (Å²) in [6.07, 6.45) is 0.825. The Hall–Kier alpha value is -1.80. The summed E-state index contributed by atoms with van der Waals surface area (Å²) in [6.45, 7) is 3.27. The standard InChI is InChI=1S/C12H18N4O3S/c1-2-19-12(18)7-8(14)9(10(15)17)20-11(7)16-4-3-6(13)5-16/h6H,2-5,13-14H2,1H3,(H2,15,17). The summed E-state index contributed by atoms with van der Waals surface area (Å²) in [4.78, 5) is 25.6. The molecule has 1 aromatic rings. The molecule has 2 rings (SSSR count). The Morgan fingerprint density at radius 1 is 1.50 bits per heavy atom. The molecule has 20 heavy (non-hydrogen) atoms. The summed E-state index contributed by atoms with van der Waals surface area (Å²) in [7, 11) is 0. The van der Waals surface area contributed by atoms with Gasteiger partial charge in [0.15, 0.2) is 0 Å². The third-order valence-electron chi connectivity index (χ3n) is 3.14. The number of hydrogen-bond acceptors (Lipinski definition) is 7. The molecular formula is C12H18N4O3S. The van der Waals surface area contributed by atoms with Crippen LogP contribution in [0.5, 0.6) is 0 Å². The fourth-order valence-electron chi connectivity index (χ4n) is 2.21. The van der Waals surface area contributed by atoms with Crippen LogP contribution in [0.3, 0.4) is 0 Å². The zero-order valence-electron chi connectivity index (χ0n) is 11.2. The number of esters is 1. The molecule has 1 amide bonds. The second kappa shape index (κ2) is 5.68. The van der Waals surface area contributed by atoms with Crippen LogP contribution in [0.25, 0.3) is 0 Å². The molecule has 0 bridgehead atoms. The Labute approximate surface area is 120 Å². The van der Waals surface area contributed by atoms with Crippen molar-refractivity contribution in [1.29, 1.82) is 0 Å². The van der Waals surface area contributed by atoms with Gasteiger partial charge in [0.05, 0.1) is 12.3 Å². The number of amides is 1. The van der Waals surface area contributed by atoms with Crippen LogP contribution in [-0.4, -0.2) is 37.6 Å². The molecule has 1 fully saturated rings. The van der Waals surface area contributed by atoms with Crippen molar-refractivity contribution in [3.63, 3.8) is 0 Å². The highest BCUT2D eigenvalue weighted by Crippen LogP contribution is 2.39. The maximum absolute atomic E-state index is 12.1. The summed E-state index contributed by atoms with van der Waals surface area (Å²) in [5, 5.41) is 0.614. The van der Waals surface area contributed by atoms with E-state index in [1.165, 1.54) is 0 Å². The number of nitrogens with two attached hydrogens (primary N) is 3. The van der Waals surface area contributed by atoms with Gasteiger partial charge in [0.1, 0.15) is 15.4 Å². The van der Waals surface area contributed by atoms with Gasteiger partial charge in [-0.05, 0) is 13.3 Å². The molecule has 0 aromatic carbocycles. The highest BCUT2D eigenvalue weighted by atomic mass is 32.1. The van der Waals surface area contributed by atoms with Crippen molar-refractivity contribution in [2.75, 3.05) is 30.3 Å². The van der Waals surface area contributed by atoms with Crippen LogP contribution < -0.4 is 22.1 Å². The average molecular weight is 298 g/mol. The predicted octanol–water partition coefficient (Wildman–Crippen LogP) is 0.143. The molecule has 1 aromatic heterocycles. The molecule has 1 saturated heterocycles. The van der Waals surface area contributed by atoms with Crippen molar-refractivity contribution >= 4 is 33.9 Å². The van der Waals surface area contributed by atoms with Crippen molar-refractivity contribution in [3.8, 4) is 0 Å². The molecule has 0 radical (unpaired) electrons. The van der Waals surface area contributed by atoms with Crippen LogP contribution in [0.4, 0.5) is 10.7 Å². The van der Waals surface area contributed by atoms with Gasteiger partial charge < -0.3 is 26.8 Å². The number of hydrogen-bond donors (Lipinski definition) is 3. The summed E-state index contributed by atoms with van der Waals surface area (Å²) in [5.74, 6) is -1.18. The van der Waals surface area contributed by atoms with Crippen LogP contribution in [0.1, 0.15) is 33.4 Å². The number of rotatable bonds is 4. The van der Waals surface area contributed by atoms with Crippen LogP contribution >= 0.6 is 11.3 Å². The molecule has 0 aliphatic carbocycles. The maximum Gasteiger partial charge on any atom is 0.343 e. The van der Waals surface area contributed by atoms with E-state index in [1.54, 1.807) is 6.92 Å². The predicted molar refractivity (Wildman–Crippen MR) is 78.0 cm³/mol. The number of carbonyl (C=O) groups excluding carboxylic acids is 2. The number of carbonyl (C=O) groups is 2. The van der Waals surface area contributed by atoms with Gasteiger partial charge in [-0.3, -0.25) is 4.79 Å². The quantitative estimate of drug-likeness (QED) is 0.679. The average Bonchev–Trinajstić information content (AvgIpc) is 2.93. The molecule has 6 N–H and O–H groups in total. The van der Waals surface area contributed by atoms with Crippen molar-refractivity contribution in [2.24, 2.45) is 11.5 Å². The van der Waals surface area contributed by atoms with Crippen molar-refractivity contribution in [2.45, 2.75) is 19.4 Å². The van der Waals surface area contributed by atoms with E-state index < -0.39 is 11.9 Å². The van der Waals surface area contributed by atoms with E-state index in [2.05, 4.69) is 0 Å². The molecule has 7 nitrogen and oxygen atoms in total. The Kier molecular flexibility index (Phi) is 4.15. The van der Waals surface area contributed by atoms with Crippen LogP contribution in [0.2, 0.25) is 0 Å². The monoisotopic (exact) mass is 298 g/mol. The molecule has 0 spiro atoms. The summed E-state index contributed by atoms with van der Waals surface area (Å²) in [5.41, 5.74) is 17.4. The molecule has 2 heterocycles. The van der Waals surface area contributed by atoms with E-state index in [0.717, 1.165) is 17.8 Å². The van der Waals surface area contributed by atoms with Crippen molar-refractivity contribution in [1.82, 2.24) is 0 Å². The Bertz CT molecular complexity index is 543. The first-order valence-electron chi connectivity index (χ1n) is 6.35. The second-order valence-electron chi connectivity index (χ2n) is 4.60. The lowest BCUT2D eigenvalue weighted by Crippen LogP contribution is -2.27. The van der Waals surface area contributed by atoms with Gasteiger partial charge in [-0.1, -0.05) is 0 Å². The topological polar surface area (TPSA) is 125 Å². The maximum atomic E-state index is 12.1. The van der Waals surface area contributed by atoms with E-state index >= 15 is 0 Å². The van der Waals surface area contributed by atoms with E-state index in [-0.39, 0.29) is 28.8 Å². The summed E-state index contributed by atoms with van der Waals surface area (Å²) < 4.78 is 5.01. The van der Waals surface area contributed by atoms with E-state index in [0.29, 0.717) is 18.1 Å². The van der Waals surface area contributed by atoms with Gasteiger partial charge in [0.2, 0.25) is 0 Å². The van der Waals surface area contributed by atoms with Crippen molar-refractivity contribution in [3.05, 3.63) is 10.4 Å². The number of anilines is 2. The molecule has 0 saturated carbocycles. The van der Waals surface area contributed by atoms with E-state index in [9.17, 15) is 9.59 Å². The fraction of sp³-hybridized carbons (Fsp3) is 0.500. The SMILES string of the molecule is CCOC(=O)c1c(N2CCC(N)C2)sc(C(N)=O)c1N. The van der Waals surface area contributed by atoms with E-state index in [4.69, 9.17) is 21.9 Å². The van der Waals surface area contributed by atoms with Crippen LogP contribution in [0.15, 0.2) is 0 Å². The first kappa shape index (κ1) is 14.6. The minimum absolute atomic E-state index is 0.0467. The molecule has 1 aliphatic heterocycles. The fourth-order valence-corrected chi connectivity index (χ4v) is 3.31. The molecule has 1 atom stereocenters. The zero-order chi connectivity index (χ0) is 14.9. The number of primary amides is 1. The van der Waals surface area contributed by atoms with Gasteiger partial charge in [0, 0.05) is 19.1 Å². The first-order chi connectivity index (χ1) is 9.45. The number of ether oxygens (including phenoxy) is 1. The molecule has 110 valence electrons. The third-order valence-corrected chi connectivity index (χ3v) is 4.42. The van der Waals surface area contributed by atoms with Gasteiger partial charge >= 0.3 is 5.97 Å². The zero-order valence-corrected chi connectivity index (χ0v) is 12.0. The number of nitrogen functional groups attached to an aromatic ring is 1. The van der Waals surface area contributed by atoms with Gasteiger partial charge in [0.25, 0.3) is 5.91 Å². The number of nitrogens with zero attached hydrogens (tertiary/aromatic N) is 1. The Morgan fingerprint density at radius 3 is 2.70 bits per heavy atom. The lowest BCUT2D eigenvalue weighted by atomic mass is 10.2. The normalized spacial score (nSPS) is 18.3. The molecular weight excluding hydrogens is 280 g/mol. The highest BCUT2D eigenvalue weighted by molar-refractivity contribution is 7.19. The summed E-state index contributed by atoms with van der Waals surface area (Å²) in [6, 6.07) is 0.0467. The van der Waals surface area contributed by atoms with Crippen LogP contribution in [-0.2, 0) is 4.74 Å². The van der Waals surface area contributed by atoms with Gasteiger partial charge in [-0.2, -0.15) is 0 Å².